The summed E-state index contributed by atoms with van der Waals surface area (Å²) in [5.41, 5.74) is 19.3. The first-order valence-corrected chi connectivity index (χ1v) is 21.6. The molecule has 9 aromatic carbocycles. The van der Waals surface area contributed by atoms with Gasteiger partial charge in [0.2, 0.25) is 0 Å². The van der Waals surface area contributed by atoms with E-state index < -0.39 is 0 Å². The SMILES string of the molecule is c1ccc2c(c1)-c1cccc3c(-c4cc(-c5nc(-c6ccc7ncccc7c6)nc(-c6ccc7ncccc7c6)n5)cc(-c5ccc6c7c(cccc57)-c5ccccc5-6)c4)ccc-2c13. The first-order chi connectivity index (χ1) is 31.7. The number of rotatable bonds is 5. The Hall–Kier alpha value is -8.67. The van der Waals surface area contributed by atoms with Crippen molar-refractivity contribution in [1.82, 2.24) is 24.9 Å². The number of benzene rings is 9. The molecule has 5 nitrogen and oxygen atoms in total. The Kier molecular flexibility index (Phi) is 7.33. The lowest BCUT2D eigenvalue weighted by Crippen LogP contribution is -2.01. The Morgan fingerprint density at radius 2 is 0.641 bits per heavy atom. The van der Waals surface area contributed by atoms with Gasteiger partial charge in [0.05, 0.1) is 11.0 Å². The lowest BCUT2D eigenvalue weighted by atomic mass is 9.89. The Bertz CT molecular complexity index is 3670. The van der Waals surface area contributed by atoms with Crippen LogP contribution >= 0.6 is 0 Å². The van der Waals surface area contributed by atoms with Gasteiger partial charge < -0.3 is 0 Å². The maximum Gasteiger partial charge on any atom is 0.164 e. The first kappa shape index (κ1) is 35.0. The minimum Gasteiger partial charge on any atom is -0.256 e. The third-order valence-corrected chi connectivity index (χ3v) is 13.3. The van der Waals surface area contributed by atoms with Crippen LogP contribution in [0.3, 0.4) is 0 Å². The molecule has 2 aliphatic rings. The summed E-state index contributed by atoms with van der Waals surface area (Å²) in [7, 11) is 0. The number of hydrogen-bond acceptors (Lipinski definition) is 5. The number of pyridine rings is 2. The van der Waals surface area contributed by atoms with E-state index >= 15 is 0 Å². The highest BCUT2D eigenvalue weighted by Crippen LogP contribution is 2.52. The molecule has 0 bridgehead atoms. The van der Waals surface area contributed by atoms with Crippen LogP contribution in [0.1, 0.15) is 0 Å². The molecule has 294 valence electrons. The lowest BCUT2D eigenvalue weighted by Gasteiger charge is -2.16. The van der Waals surface area contributed by atoms with Crippen LogP contribution in [-0.2, 0) is 0 Å². The maximum atomic E-state index is 5.34. The molecule has 3 heterocycles. The molecule has 0 amide bonds. The van der Waals surface area contributed by atoms with Crippen molar-refractivity contribution in [1.29, 1.82) is 0 Å². The van der Waals surface area contributed by atoms with Crippen molar-refractivity contribution < 1.29 is 0 Å². The topological polar surface area (TPSA) is 64.5 Å². The average molecular weight is 812 g/mol. The Labute approximate surface area is 368 Å². The second-order valence-electron chi connectivity index (χ2n) is 16.8. The summed E-state index contributed by atoms with van der Waals surface area (Å²) < 4.78 is 0. The zero-order valence-electron chi connectivity index (χ0n) is 34.3. The summed E-state index contributed by atoms with van der Waals surface area (Å²) in [5.74, 6) is 1.78. The van der Waals surface area contributed by atoms with Gasteiger partial charge in [0.1, 0.15) is 0 Å². The van der Waals surface area contributed by atoms with Gasteiger partial charge in [-0.15, -0.1) is 0 Å². The molecule has 3 aromatic heterocycles. The molecule has 0 N–H and O–H groups in total. The van der Waals surface area contributed by atoms with Crippen molar-refractivity contribution in [2.75, 3.05) is 0 Å². The summed E-state index contributed by atoms with van der Waals surface area (Å²) in [6.07, 6.45) is 3.64. The zero-order valence-corrected chi connectivity index (χ0v) is 34.3. The largest absolute Gasteiger partial charge is 0.256 e. The Balaban J connectivity index is 1.04. The predicted molar refractivity (Wildman–Crippen MR) is 261 cm³/mol. The lowest BCUT2D eigenvalue weighted by molar-refractivity contribution is 1.07. The summed E-state index contributed by atoms with van der Waals surface area (Å²) in [6.45, 7) is 0. The minimum atomic E-state index is 0.593. The summed E-state index contributed by atoms with van der Waals surface area (Å²) in [4.78, 5) is 25.0. The van der Waals surface area contributed by atoms with Gasteiger partial charge in [0.15, 0.2) is 17.5 Å². The maximum absolute atomic E-state index is 5.34. The second kappa shape index (κ2) is 13.4. The minimum absolute atomic E-state index is 0.593. The molecule has 0 spiro atoms. The molecule has 0 fully saturated rings. The van der Waals surface area contributed by atoms with Crippen LogP contribution in [0.5, 0.6) is 0 Å². The third kappa shape index (κ3) is 5.22. The van der Waals surface area contributed by atoms with Gasteiger partial charge in [-0.05, 0) is 155 Å². The van der Waals surface area contributed by atoms with Crippen LogP contribution in [0.4, 0.5) is 0 Å². The monoisotopic (exact) mass is 811 g/mol. The van der Waals surface area contributed by atoms with E-state index in [0.29, 0.717) is 17.5 Å². The molecule has 14 rings (SSSR count). The van der Waals surface area contributed by atoms with Crippen LogP contribution < -0.4 is 0 Å². The highest BCUT2D eigenvalue weighted by atomic mass is 15.0. The molecule has 0 radical (unpaired) electrons. The first-order valence-electron chi connectivity index (χ1n) is 21.6. The molecule has 5 heteroatoms. The van der Waals surface area contributed by atoms with Crippen molar-refractivity contribution >= 4 is 43.4 Å². The normalized spacial score (nSPS) is 12.1. The van der Waals surface area contributed by atoms with E-state index in [9.17, 15) is 0 Å². The van der Waals surface area contributed by atoms with Crippen molar-refractivity contribution in [2.45, 2.75) is 0 Å². The fraction of sp³-hybridized carbons (Fsp3) is 0. The van der Waals surface area contributed by atoms with Crippen LogP contribution in [0.2, 0.25) is 0 Å². The average Bonchev–Trinajstić information content (AvgIpc) is 3.87. The van der Waals surface area contributed by atoms with Gasteiger partial charge in [0, 0.05) is 39.9 Å². The summed E-state index contributed by atoms with van der Waals surface area (Å²) >= 11 is 0. The molecule has 64 heavy (non-hydrogen) atoms. The quantitative estimate of drug-likeness (QED) is 0.173. The molecule has 2 aliphatic carbocycles. The van der Waals surface area contributed by atoms with E-state index in [0.717, 1.165) is 60.8 Å². The van der Waals surface area contributed by atoms with E-state index in [1.807, 2.05) is 36.7 Å². The molecule has 0 unspecified atom stereocenters. The van der Waals surface area contributed by atoms with Crippen LogP contribution in [0, 0.1) is 0 Å². The number of nitrogens with zero attached hydrogens (tertiary/aromatic N) is 5. The number of hydrogen-bond donors (Lipinski definition) is 0. The van der Waals surface area contributed by atoms with E-state index in [1.54, 1.807) is 0 Å². The fourth-order valence-corrected chi connectivity index (χ4v) is 10.4. The Morgan fingerprint density at radius 3 is 1.11 bits per heavy atom. The van der Waals surface area contributed by atoms with Crippen LogP contribution in [-0.4, -0.2) is 24.9 Å². The highest BCUT2D eigenvalue weighted by molar-refractivity contribution is 6.20. The fourth-order valence-electron chi connectivity index (χ4n) is 10.4. The molecular formula is C59H33N5. The van der Waals surface area contributed by atoms with Gasteiger partial charge in [-0.2, -0.15) is 0 Å². The van der Waals surface area contributed by atoms with Crippen LogP contribution in [0.25, 0.3) is 144 Å². The summed E-state index contributed by atoms with van der Waals surface area (Å²) in [5, 5.41) is 7.06. The standard InChI is InChI=1S/C59H33N5/c1-3-13-45-43(11-1)49-17-5-15-47-41(21-23-51(45)55(47)49)38-31-39(42-22-24-52-46-14-4-2-12-44(46)50-18-6-16-48(42)56(50)52)33-40(32-38)59-63-57(36-19-25-53-34(29-36)9-7-27-60-53)62-58(64-59)37-20-26-54-35(30-37)10-8-28-61-54/h1-33H. The van der Waals surface area contributed by atoms with Gasteiger partial charge >= 0.3 is 0 Å². The Morgan fingerprint density at radius 1 is 0.250 bits per heavy atom. The third-order valence-electron chi connectivity index (χ3n) is 13.3. The molecule has 0 saturated heterocycles. The molecule has 0 saturated carbocycles. The van der Waals surface area contributed by atoms with E-state index in [2.05, 4.69) is 174 Å². The van der Waals surface area contributed by atoms with Gasteiger partial charge in [-0.1, -0.05) is 121 Å². The molecule has 0 aliphatic heterocycles. The molecular weight excluding hydrogens is 779 g/mol. The van der Waals surface area contributed by atoms with Gasteiger partial charge in [-0.3, -0.25) is 9.97 Å². The van der Waals surface area contributed by atoms with E-state index in [1.165, 1.54) is 66.1 Å². The van der Waals surface area contributed by atoms with Crippen molar-refractivity contribution in [3.8, 4) is 101 Å². The van der Waals surface area contributed by atoms with Crippen molar-refractivity contribution in [3.63, 3.8) is 0 Å². The van der Waals surface area contributed by atoms with Gasteiger partial charge in [0.25, 0.3) is 0 Å². The summed E-state index contributed by atoms with van der Waals surface area (Å²) in [6, 6.07) is 67.6. The highest BCUT2D eigenvalue weighted by Gasteiger charge is 2.25. The predicted octanol–water partition coefficient (Wildman–Crippen LogP) is 14.9. The van der Waals surface area contributed by atoms with E-state index in [-0.39, 0.29) is 0 Å². The molecule has 12 aromatic rings. The van der Waals surface area contributed by atoms with Crippen LogP contribution in [0.15, 0.2) is 200 Å². The van der Waals surface area contributed by atoms with Crippen molar-refractivity contribution in [3.05, 3.63) is 200 Å². The van der Waals surface area contributed by atoms with Gasteiger partial charge in [-0.25, -0.2) is 15.0 Å². The number of aromatic nitrogens is 5. The van der Waals surface area contributed by atoms with Crippen molar-refractivity contribution in [2.24, 2.45) is 0 Å². The smallest absolute Gasteiger partial charge is 0.164 e. The zero-order chi connectivity index (χ0) is 41.9. The second-order valence-corrected chi connectivity index (χ2v) is 16.8. The van der Waals surface area contributed by atoms with E-state index in [4.69, 9.17) is 15.0 Å². The number of fused-ring (bicyclic) bond motifs is 8. The molecule has 0 atom stereocenters.